The number of aromatic amines is 1. The number of amides is 1. The first-order valence-electron chi connectivity index (χ1n) is 16.8. The SMILES string of the molecule is CN1CC(c2ccc(Cl)c(C(=O)N(COC(=O)O[C@H]3CC[C@H](C(=O)OC(C)(C)C)CC3)C3(C#N)CC3)c2)=CN1c1[nH]nc(C(F)(F)C(F)(F)F)c1C(F)(F)F. The van der Waals surface area contributed by atoms with Gasteiger partial charge in [-0.05, 0) is 82.6 Å². The van der Waals surface area contributed by atoms with Gasteiger partial charge in [0.25, 0.3) is 5.91 Å². The highest BCUT2D eigenvalue weighted by Gasteiger charge is 2.64. The van der Waals surface area contributed by atoms with Crippen LogP contribution in [0.2, 0.25) is 5.02 Å². The molecule has 1 aromatic carbocycles. The van der Waals surface area contributed by atoms with Crippen molar-refractivity contribution in [1.29, 1.82) is 5.26 Å². The van der Waals surface area contributed by atoms with Crippen LogP contribution in [0.4, 0.5) is 45.7 Å². The highest BCUT2D eigenvalue weighted by atomic mass is 35.5. The van der Waals surface area contributed by atoms with E-state index < -0.39 is 71.4 Å². The van der Waals surface area contributed by atoms with Crippen molar-refractivity contribution in [2.45, 2.75) is 94.8 Å². The number of esters is 1. The van der Waals surface area contributed by atoms with Gasteiger partial charge in [-0.15, -0.1) is 0 Å². The highest BCUT2D eigenvalue weighted by Crippen LogP contribution is 2.50. The molecule has 1 aliphatic heterocycles. The monoisotopic (exact) mass is 810 g/mol. The summed E-state index contributed by atoms with van der Waals surface area (Å²) in [6.07, 6.45) is -10.8. The average molecular weight is 811 g/mol. The maximum Gasteiger partial charge on any atom is 0.510 e. The largest absolute Gasteiger partial charge is 0.510 e. The number of aromatic nitrogens is 2. The van der Waals surface area contributed by atoms with E-state index in [9.17, 15) is 54.8 Å². The number of benzene rings is 1. The van der Waals surface area contributed by atoms with E-state index in [1.165, 1.54) is 25.2 Å². The third-order valence-corrected chi connectivity index (χ3v) is 9.54. The molecule has 2 heterocycles. The number of carbonyl (C=O) groups is 3. The molecule has 55 heavy (non-hydrogen) atoms. The zero-order valence-corrected chi connectivity index (χ0v) is 30.5. The lowest BCUT2D eigenvalue weighted by Crippen LogP contribution is -2.44. The Morgan fingerprint density at radius 1 is 1.05 bits per heavy atom. The number of hydrogen-bond donors (Lipinski definition) is 1. The van der Waals surface area contributed by atoms with E-state index in [1.54, 1.807) is 25.9 Å². The fourth-order valence-corrected chi connectivity index (χ4v) is 6.40. The zero-order valence-electron chi connectivity index (χ0n) is 29.7. The molecule has 0 spiro atoms. The van der Waals surface area contributed by atoms with Crippen LogP contribution >= 0.6 is 11.6 Å². The molecule has 3 aliphatic rings. The molecule has 300 valence electrons. The molecule has 5 rings (SSSR count). The van der Waals surface area contributed by atoms with Crippen molar-refractivity contribution in [2.75, 3.05) is 25.3 Å². The van der Waals surface area contributed by atoms with Gasteiger partial charge in [0.15, 0.2) is 18.2 Å². The smallest absolute Gasteiger partial charge is 0.460 e. The van der Waals surface area contributed by atoms with Gasteiger partial charge in [0.05, 0.1) is 22.6 Å². The molecule has 2 saturated carbocycles. The number of nitrogens with zero attached hydrogens (tertiary/aromatic N) is 5. The molecule has 1 amide bonds. The average Bonchev–Trinajstić information content (AvgIpc) is 3.55. The number of nitriles is 1. The lowest BCUT2D eigenvalue weighted by molar-refractivity contribution is -0.292. The summed E-state index contributed by atoms with van der Waals surface area (Å²) in [6, 6.07) is 5.94. The molecule has 0 radical (unpaired) electrons. The van der Waals surface area contributed by atoms with Crippen LogP contribution in [-0.2, 0) is 31.1 Å². The Bertz CT molecular complexity index is 1890. The summed E-state index contributed by atoms with van der Waals surface area (Å²) >= 11 is 6.39. The normalized spacial score (nSPS) is 20.4. The van der Waals surface area contributed by atoms with Gasteiger partial charge in [-0.25, -0.2) is 9.80 Å². The quantitative estimate of drug-likeness (QED) is 0.151. The van der Waals surface area contributed by atoms with Crippen LogP contribution in [0.5, 0.6) is 0 Å². The van der Waals surface area contributed by atoms with Crippen LogP contribution in [0.15, 0.2) is 24.4 Å². The number of anilines is 1. The Morgan fingerprint density at radius 2 is 1.69 bits per heavy atom. The third-order valence-electron chi connectivity index (χ3n) is 9.21. The highest BCUT2D eigenvalue weighted by molar-refractivity contribution is 6.34. The molecule has 1 aromatic heterocycles. The third kappa shape index (κ3) is 8.77. The number of hydrogen-bond acceptors (Lipinski definition) is 10. The summed E-state index contributed by atoms with van der Waals surface area (Å²) in [5, 5.41) is 15.9. The summed E-state index contributed by atoms with van der Waals surface area (Å²) in [7, 11) is 1.22. The maximum atomic E-state index is 14.1. The van der Waals surface area contributed by atoms with Crippen molar-refractivity contribution in [3.8, 4) is 6.07 Å². The Kier molecular flexibility index (Phi) is 11.2. The molecular formula is C34H35ClF8N6O6. The minimum Gasteiger partial charge on any atom is -0.460 e. The number of carbonyl (C=O) groups excluding carboxylic acids is 3. The van der Waals surface area contributed by atoms with Gasteiger partial charge in [0, 0.05) is 19.8 Å². The second-order valence-corrected chi connectivity index (χ2v) is 14.8. The Balaban J connectivity index is 1.32. The molecule has 2 aliphatic carbocycles. The lowest BCUT2D eigenvalue weighted by atomic mass is 9.87. The van der Waals surface area contributed by atoms with Crippen molar-refractivity contribution in [1.82, 2.24) is 20.1 Å². The van der Waals surface area contributed by atoms with Gasteiger partial charge in [-0.3, -0.25) is 24.6 Å². The molecule has 0 atom stereocenters. The summed E-state index contributed by atoms with van der Waals surface area (Å²) in [6.45, 7) is 4.33. The number of alkyl halides is 8. The summed E-state index contributed by atoms with van der Waals surface area (Å²) in [4.78, 5) is 40.0. The predicted octanol–water partition coefficient (Wildman–Crippen LogP) is 7.95. The zero-order chi connectivity index (χ0) is 40.9. The van der Waals surface area contributed by atoms with E-state index >= 15 is 0 Å². The van der Waals surface area contributed by atoms with Gasteiger partial charge >= 0.3 is 30.4 Å². The second-order valence-electron chi connectivity index (χ2n) is 14.4. The standard InChI is InChI=1S/C34H35ClF8N6O6/c1-30(2,3)55-28(51)18-5-8-21(9-6-18)54-29(52)53-17-48(31(16-44)11-12-31)27(50)22-13-19(7-10-23(22)35)20-14-47(4)49(15-20)26-24(33(38,39)40)25(45-46-26)32(36,37)34(41,42)43/h7,10,13,15,18,21H,5-6,8-9,11-12,14,17H2,1-4H3,(H,45,46)/t18-,21-. The Hall–Kier alpha value is -4.64. The van der Waals surface area contributed by atoms with Gasteiger partial charge in [0.2, 0.25) is 0 Å². The van der Waals surface area contributed by atoms with Gasteiger partial charge < -0.3 is 14.2 Å². The minimum atomic E-state index is -6.38. The molecule has 0 unspecified atom stereocenters. The first-order valence-corrected chi connectivity index (χ1v) is 17.2. The molecular weight excluding hydrogens is 776 g/mol. The van der Waals surface area contributed by atoms with Gasteiger partial charge in [-0.1, -0.05) is 17.7 Å². The van der Waals surface area contributed by atoms with Crippen molar-refractivity contribution < 1.29 is 63.7 Å². The number of hydrazine groups is 1. The molecule has 21 heteroatoms. The lowest BCUT2D eigenvalue weighted by Gasteiger charge is -2.30. The van der Waals surface area contributed by atoms with E-state index in [1.807, 2.05) is 6.07 Å². The van der Waals surface area contributed by atoms with Crippen LogP contribution in [0.3, 0.4) is 0 Å². The van der Waals surface area contributed by atoms with Crippen LogP contribution in [0.1, 0.15) is 86.5 Å². The molecule has 1 N–H and O–H groups in total. The van der Waals surface area contributed by atoms with Crippen LogP contribution < -0.4 is 5.01 Å². The topological polar surface area (TPSA) is 141 Å². The Labute approximate surface area is 313 Å². The first kappa shape index (κ1) is 41.5. The van der Waals surface area contributed by atoms with E-state index in [0.717, 1.165) is 16.1 Å². The first-order chi connectivity index (χ1) is 25.4. The molecule has 2 aromatic rings. The van der Waals surface area contributed by atoms with Gasteiger partial charge in [-0.2, -0.15) is 45.5 Å². The van der Waals surface area contributed by atoms with E-state index in [4.69, 9.17) is 25.8 Å². The van der Waals surface area contributed by atoms with E-state index in [2.05, 4.69) is 5.10 Å². The Morgan fingerprint density at radius 3 is 2.24 bits per heavy atom. The molecule has 0 saturated heterocycles. The number of likely N-dealkylation sites (N-methyl/N-ethyl adjacent to an activating group) is 1. The number of rotatable bonds is 9. The predicted molar refractivity (Wildman–Crippen MR) is 176 cm³/mol. The van der Waals surface area contributed by atoms with E-state index in [-0.39, 0.29) is 53.0 Å². The number of ether oxygens (including phenoxy) is 3. The number of H-pyrrole nitrogens is 1. The summed E-state index contributed by atoms with van der Waals surface area (Å²) in [5.74, 6) is -8.72. The maximum absolute atomic E-state index is 14.1. The molecule has 0 bridgehead atoms. The van der Waals surface area contributed by atoms with Crippen LogP contribution in [0.25, 0.3) is 5.57 Å². The fourth-order valence-electron chi connectivity index (χ4n) is 6.20. The van der Waals surface area contributed by atoms with Crippen LogP contribution in [-0.4, -0.2) is 81.9 Å². The van der Waals surface area contributed by atoms with Crippen molar-refractivity contribution in [3.63, 3.8) is 0 Å². The van der Waals surface area contributed by atoms with Crippen LogP contribution in [0, 0.1) is 17.2 Å². The van der Waals surface area contributed by atoms with E-state index in [0.29, 0.717) is 30.7 Å². The second kappa shape index (κ2) is 14.8. The molecule has 2 fully saturated rings. The summed E-state index contributed by atoms with van der Waals surface area (Å²) in [5.41, 5.74) is -6.75. The van der Waals surface area contributed by atoms with Gasteiger partial charge in [0.1, 0.15) is 22.8 Å². The minimum absolute atomic E-state index is 0.118. The number of nitrogens with one attached hydrogen (secondary N) is 1. The molecule has 12 nitrogen and oxygen atoms in total. The van der Waals surface area contributed by atoms with Crippen molar-refractivity contribution >= 4 is 41.0 Å². The van der Waals surface area contributed by atoms with Crippen molar-refractivity contribution in [2.24, 2.45) is 5.92 Å². The fraction of sp³-hybridized carbons (Fsp3) is 0.559. The summed E-state index contributed by atoms with van der Waals surface area (Å²) < 4.78 is 126. The van der Waals surface area contributed by atoms with Crippen molar-refractivity contribution in [3.05, 3.63) is 51.8 Å². The number of halogens is 9.